The van der Waals surface area contributed by atoms with Gasteiger partial charge in [0.05, 0.1) is 0 Å². The lowest BCUT2D eigenvalue weighted by molar-refractivity contribution is -0.142. The van der Waals surface area contributed by atoms with Crippen LogP contribution in [0.1, 0.15) is 27.2 Å². The van der Waals surface area contributed by atoms with Gasteiger partial charge in [0.1, 0.15) is 6.04 Å². The van der Waals surface area contributed by atoms with Crippen molar-refractivity contribution in [1.29, 1.82) is 0 Å². The molecule has 0 spiro atoms. The summed E-state index contributed by atoms with van der Waals surface area (Å²) in [6.07, 6.45) is 0.338. The van der Waals surface area contributed by atoms with Crippen LogP contribution in [0, 0.1) is 5.92 Å². The van der Waals surface area contributed by atoms with Gasteiger partial charge < -0.3 is 10.4 Å². The largest absolute Gasteiger partial charge is 0.480 e. The van der Waals surface area contributed by atoms with Gasteiger partial charge in [0.15, 0.2) is 4.33 Å². The second-order valence-corrected chi connectivity index (χ2v) is 5.59. The molecule has 0 aromatic carbocycles. The summed E-state index contributed by atoms with van der Waals surface area (Å²) in [4.78, 5) is 22.1. The van der Waals surface area contributed by atoms with Crippen molar-refractivity contribution in [2.24, 2.45) is 5.92 Å². The molecule has 15 heavy (non-hydrogen) atoms. The van der Waals surface area contributed by atoms with E-state index in [0.29, 0.717) is 6.42 Å². The van der Waals surface area contributed by atoms with E-state index in [1.165, 1.54) is 6.92 Å². The Morgan fingerprint density at radius 2 is 1.87 bits per heavy atom. The van der Waals surface area contributed by atoms with Gasteiger partial charge in [-0.1, -0.05) is 37.0 Å². The first-order chi connectivity index (χ1) is 6.64. The van der Waals surface area contributed by atoms with Crippen LogP contribution < -0.4 is 5.32 Å². The fraction of sp³-hybridized carbons (Fsp3) is 0.778. The average Bonchev–Trinajstić information content (AvgIpc) is 1.99. The zero-order chi connectivity index (χ0) is 12.2. The van der Waals surface area contributed by atoms with Gasteiger partial charge in [-0.2, -0.15) is 0 Å². The van der Waals surface area contributed by atoms with Crippen molar-refractivity contribution in [1.82, 2.24) is 5.32 Å². The minimum absolute atomic E-state index is 0.156. The van der Waals surface area contributed by atoms with Crippen molar-refractivity contribution < 1.29 is 14.7 Å². The third-order valence-corrected chi connectivity index (χ3v) is 2.05. The number of carbonyl (C=O) groups is 2. The van der Waals surface area contributed by atoms with Gasteiger partial charge in [0, 0.05) is 0 Å². The molecular weight excluding hydrogens is 241 g/mol. The minimum atomic E-state index is -1.61. The summed E-state index contributed by atoms with van der Waals surface area (Å²) in [6, 6.07) is -0.950. The molecule has 0 unspecified atom stereocenters. The van der Waals surface area contributed by atoms with E-state index < -0.39 is 22.3 Å². The van der Waals surface area contributed by atoms with E-state index in [4.69, 9.17) is 28.3 Å². The van der Waals surface area contributed by atoms with Crippen molar-refractivity contribution in [3.8, 4) is 0 Å². The zero-order valence-corrected chi connectivity index (χ0v) is 10.4. The van der Waals surface area contributed by atoms with Crippen LogP contribution in [0.2, 0.25) is 0 Å². The van der Waals surface area contributed by atoms with Gasteiger partial charge in [0.2, 0.25) is 0 Å². The fourth-order valence-electron chi connectivity index (χ4n) is 0.978. The highest BCUT2D eigenvalue weighted by atomic mass is 35.5. The second-order valence-electron chi connectivity index (χ2n) is 3.88. The number of alkyl halides is 2. The van der Waals surface area contributed by atoms with Crippen molar-refractivity contribution in [3.05, 3.63) is 0 Å². The lowest BCUT2D eigenvalue weighted by atomic mass is 10.0. The number of hydrogen-bond acceptors (Lipinski definition) is 2. The Balaban J connectivity index is 4.43. The van der Waals surface area contributed by atoms with Gasteiger partial charge in [-0.3, -0.25) is 4.79 Å². The van der Waals surface area contributed by atoms with Crippen LogP contribution in [0.5, 0.6) is 0 Å². The molecular formula is C9H15Cl2NO3. The monoisotopic (exact) mass is 255 g/mol. The fourth-order valence-corrected chi connectivity index (χ4v) is 1.09. The highest BCUT2D eigenvalue weighted by Gasteiger charge is 2.31. The third-order valence-electron chi connectivity index (χ3n) is 1.71. The number of nitrogens with one attached hydrogen (secondary N) is 1. The average molecular weight is 256 g/mol. The number of halogens is 2. The lowest BCUT2D eigenvalue weighted by Crippen LogP contribution is -2.47. The highest BCUT2D eigenvalue weighted by Crippen LogP contribution is 2.20. The normalized spacial score (nSPS) is 13.7. The second kappa shape index (κ2) is 5.56. The molecule has 1 amide bonds. The minimum Gasteiger partial charge on any atom is -0.480 e. The maximum Gasteiger partial charge on any atom is 0.326 e. The highest BCUT2D eigenvalue weighted by molar-refractivity contribution is 6.57. The topological polar surface area (TPSA) is 66.4 Å². The van der Waals surface area contributed by atoms with Crippen molar-refractivity contribution in [3.63, 3.8) is 0 Å². The number of aliphatic carboxylic acids is 1. The van der Waals surface area contributed by atoms with Gasteiger partial charge in [-0.15, -0.1) is 0 Å². The molecule has 0 saturated carbocycles. The first-order valence-corrected chi connectivity index (χ1v) is 5.31. The smallest absolute Gasteiger partial charge is 0.326 e. The van der Waals surface area contributed by atoms with E-state index in [1.807, 2.05) is 13.8 Å². The van der Waals surface area contributed by atoms with Crippen molar-refractivity contribution in [2.75, 3.05) is 0 Å². The van der Waals surface area contributed by atoms with E-state index in [0.717, 1.165) is 0 Å². The van der Waals surface area contributed by atoms with Gasteiger partial charge >= 0.3 is 5.97 Å². The molecule has 1 atom stereocenters. The number of rotatable bonds is 5. The maximum atomic E-state index is 11.3. The SMILES string of the molecule is CC(C)C[C@H](NC(=O)C(C)(Cl)Cl)C(=O)O. The van der Waals surface area contributed by atoms with Crippen LogP contribution in [-0.4, -0.2) is 27.4 Å². The summed E-state index contributed by atoms with van der Waals surface area (Å²) in [6.45, 7) is 5.02. The Hall–Kier alpha value is -0.480. The lowest BCUT2D eigenvalue weighted by Gasteiger charge is -2.20. The molecule has 0 aromatic heterocycles. The number of amides is 1. The Kier molecular flexibility index (Phi) is 5.38. The first kappa shape index (κ1) is 14.5. The first-order valence-electron chi connectivity index (χ1n) is 4.56. The van der Waals surface area contributed by atoms with Crippen molar-refractivity contribution >= 4 is 35.1 Å². The molecule has 0 heterocycles. The van der Waals surface area contributed by atoms with E-state index in [1.54, 1.807) is 0 Å². The summed E-state index contributed by atoms with van der Waals surface area (Å²) in [5, 5.41) is 11.1. The van der Waals surface area contributed by atoms with E-state index in [2.05, 4.69) is 5.32 Å². The molecule has 0 aromatic rings. The van der Waals surface area contributed by atoms with Gasteiger partial charge in [-0.05, 0) is 19.3 Å². The molecule has 0 aliphatic rings. The molecule has 0 aliphatic carbocycles. The van der Waals surface area contributed by atoms with Crippen LogP contribution >= 0.6 is 23.2 Å². The predicted molar refractivity (Wildman–Crippen MR) is 59.1 cm³/mol. The molecule has 0 bridgehead atoms. The Bertz CT molecular complexity index is 248. The molecule has 0 radical (unpaired) electrons. The molecule has 0 fully saturated rings. The van der Waals surface area contributed by atoms with Gasteiger partial charge in [0.25, 0.3) is 5.91 Å². The summed E-state index contributed by atoms with van der Waals surface area (Å²) < 4.78 is -1.61. The summed E-state index contributed by atoms with van der Waals surface area (Å²) in [5.74, 6) is -1.63. The quantitative estimate of drug-likeness (QED) is 0.737. The molecule has 2 N–H and O–H groups in total. The standard InChI is InChI=1S/C9H15Cl2NO3/c1-5(2)4-6(7(13)14)12-8(15)9(3,10)11/h5-6H,4H2,1-3H3,(H,12,15)(H,13,14)/t6-/m0/s1. The summed E-state index contributed by atoms with van der Waals surface area (Å²) in [5.41, 5.74) is 0. The van der Waals surface area contributed by atoms with Crippen molar-refractivity contribution in [2.45, 2.75) is 37.6 Å². The van der Waals surface area contributed by atoms with Crippen LogP contribution in [0.3, 0.4) is 0 Å². The Morgan fingerprint density at radius 3 is 2.13 bits per heavy atom. The van der Waals surface area contributed by atoms with Crippen LogP contribution in [0.15, 0.2) is 0 Å². The molecule has 88 valence electrons. The predicted octanol–water partition coefficient (Wildman–Crippen LogP) is 1.80. The zero-order valence-electron chi connectivity index (χ0n) is 8.88. The molecule has 0 aliphatic heterocycles. The molecule has 6 heteroatoms. The van der Waals surface area contributed by atoms with Crippen LogP contribution in [0.4, 0.5) is 0 Å². The summed E-state index contributed by atoms with van der Waals surface area (Å²) in [7, 11) is 0. The van der Waals surface area contributed by atoms with Crippen LogP contribution in [0.25, 0.3) is 0 Å². The molecule has 4 nitrogen and oxygen atoms in total. The summed E-state index contributed by atoms with van der Waals surface area (Å²) >= 11 is 11.1. The maximum absolute atomic E-state index is 11.3. The molecule has 0 saturated heterocycles. The third kappa shape index (κ3) is 5.85. The number of carboxylic acid groups (broad SMARTS) is 1. The number of carbonyl (C=O) groups excluding carboxylic acids is 1. The Morgan fingerprint density at radius 1 is 1.40 bits per heavy atom. The van der Waals surface area contributed by atoms with Gasteiger partial charge in [-0.25, -0.2) is 4.79 Å². The number of carboxylic acids is 1. The molecule has 0 rings (SSSR count). The van der Waals surface area contributed by atoms with E-state index in [-0.39, 0.29) is 5.92 Å². The number of hydrogen-bond donors (Lipinski definition) is 2. The Labute approximate surface area is 98.9 Å². The van der Waals surface area contributed by atoms with E-state index in [9.17, 15) is 9.59 Å². The van der Waals surface area contributed by atoms with E-state index >= 15 is 0 Å². The van der Waals surface area contributed by atoms with Crippen LogP contribution in [-0.2, 0) is 9.59 Å².